The molecule has 0 bridgehead atoms. The molecule has 0 saturated heterocycles. The summed E-state index contributed by atoms with van der Waals surface area (Å²) in [7, 11) is 0. The van der Waals surface area contributed by atoms with Crippen LogP contribution in [0, 0.1) is 0 Å². The summed E-state index contributed by atoms with van der Waals surface area (Å²) in [6.45, 7) is 0. The average Bonchev–Trinajstić information content (AvgIpc) is 3.89. The van der Waals surface area contributed by atoms with Crippen LogP contribution in [-0.2, 0) is 0 Å². The molecule has 3 aromatic heterocycles. The maximum atomic E-state index is 9.36. The van der Waals surface area contributed by atoms with Crippen LogP contribution in [0.2, 0.25) is 0 Å². The van der Waals surface area contributed by atoms with Gasteiger partial charge in [0.15, 0.2) is 17.5 Å². The van der Waals surface area contributed by atoms with Crippen molar-refractivity contribution in [1.29, 1.82) is 0 Å². The number of benzene rings is 6. The van der Waals surface area contributed by atoms with E-state index in [2.05, 4.69) is 15.0 Å². The normalized spacial score (nSPS) is 19.3. The van der Waals surface area contributed by atoms with Gasteiger partial charge in [0, 0.05) is 38.2 Å². The van der Waals surface area contributed by atoms with Gasteiger partial charge >= 0.3 is 0 Å². The second kappa shape index (κ2) is 9.75. The molecule has 0 fully saturated rings. The van der Waals surface area contributed by atoms with Gasteiger partial charge in [0.05, 0.1) is 49.6 Å². The molecular formula is C39H24N4O. The highest BCUT2D eigenvalue weighted by atomic mass is 16.3. The summed E-state index contributed by atoms with van der Waals surface area (Å²) >= 11 is 0. The molecule has 5 heteroatoms. The van der Waals surface area contributed by atoms with Crippen molar-refractivity contribution in [3.8, 4) is 39.9 Å². The largest absolute Gasteiger partial charge is 0.456 e. The Morgan fingerprint density at radius 3 is 1.77 bits per heavy atom. The van der Waals surface area contributed by atoms with Gasteiger partial charge < -0.3 is 8.98 Å². The van der Waals surface area contributed by atoms with Gasteiger partial charge in [0.25, 0.3) is 0 Å². The fourth-order valence-electron chi connectivity index (χ4n) is 4.88. The van der Waals surface area contributed by atoms with E-state index in [1.807, 2.05) is 0 Å². The van der Waals surface area contributed by atoms with E-state index in [1.165, 1.54) is 0 Å². The number of aromatic nitrogens is 4. The molecule has 0 N–H and O–H groups in total. The van der Waals surface area contributed by atoms with Gasteiger partial charge in [-0.1, -0.05) is 109 Å². The molecule has 44 heavy (non-hydrogen) atoms. The third-order valence-electron chi connectivity index (χ3n) is 6.68. The van der Waals surface area contributed by atoms with Crippen molar-refractivity contribution in [2.24, 2.45) is 0 Å². The minimum Gasteiger partial charge on any atom is -0.456 e. The van der Waals surface area contributed by atoms with Gasteiger partial charge in [0.2, 0.25) is 0 Å². The van der Waals surface area contributed by atoms with E-state index in [4.69, 9.17) is 33.2 Å². The maximum absolute atomic E-state index is 9.36. The number of furan rings is 1. The van der Waals surface area contributed by atoms with Crippen molar-refractivity contribution < 1.29 is 37.3 Å². The number of fused-ring (bicyclic) bond motifs is 6. The van der Waals surface area contributed by atoms with E-state index in [1.54, 1.807) is 0 Å². The van der Waals surface area contributed by atoms with Crippen LogP contribution < -0.4 is 0 Å². The van der Waals surface area contributed by atoms with Gasteiger partial charge in [-0.2, -0.15) is 0 Å². The van der Waals surface area contributed by atoms with E-state index in [9.17, 15) is 4.11 Å². The summed E-state index contributed by atoms with van der Waals surface area (Å²) in [4.78, 5) is 13.3. The SMILES string of the molecule is [2H]c1c([2H])c([2H])c(-c2nc(-c3c([2H])c([2H])c([2H])c([2H])c3-n3c4c([2H])c([2H])c([2H])c([2H])c4c4c([2H])c([2H])c([2H])c([2H])c43)nc(-c3c([2H])c([2H])c([2H])c4oc5c([2H])c([2H])c([2H])c([2H])c5c34)n2)c([2H])c1[2H]. The lowest BCUT2D eigenvalue weighted by atomic mass is 10.1. The lowest BCUT2D eigenvalue weighted by molar-refractivity contribution is 0.669. The standard InChI is InChI=1S/C39H24N4O/c1-2-13-25(14-3-1)37-40-38(42-39(41-37)30-19-12-24-35-36(30)29-18-7-11-23-34(29)44-35)28-17-6-10-22-33(28)43-31-20-8-4-15-26(31)27-16-5-9-21-32(27)43/h1-24H/i1D,2D,3D,4D,5D,6D,7D,8D,9D,10D,11D,12D,13D,14D,15D,16D,17D,18D,19D,20D,21D,22D,23D,24D. The first-order chi connectivity index (χ1) is 31.8. The molecule has 0 amide bonds. The lowest BCUT2D eigenvalue weighted by Gasteiger charge is -2.14. The van der Waals surface area contributed by atoms with E-state index >= 15 is 0 Å². The number of hydrogen-bond acceptors (Lipinski definition) is 4. The molecular weight excluding hydrogens is 540 g/mol. The first-order valence-electron chi connectivity index (χ1n) is 24.7. The van der Waals surface area contributed by atoms with Gasteiger partial charge in [0.1, 0.15) is 11.2 Å². The second-order valence-corrected chi connectivity index (χ2v) is 9.07. The van der Waals surface area contributed by atoms with Crippen LogP contribution in [0.1, 0.15) is 32.9 Å². The molecule has 206 valence electrons. The van der Waals surface area contributed by atoms with Gasteiger partial charge in [-0.15, -0.1) is 0 Å². The quantitative estimate of drug-likeness (QED) is 0.205. The highest BCUT2D eigenvalue weighted by Crippen LogP contribution is 2.38. The minimum atomic E-state index is -1.01. The monoisotopic (exact) mass is 588 g/mol. The highest BCUT2D eigenvalue weighted by molar-refractivity contribution is 6.12. The van der Waals surface area contributed by atoms with E-state index in [-0.39, 0.29) is 0 Å². The summed E-state index contributed by atoms with van der Waals surface area (Å²) in [5.41, 5.74) is -5.24. The van der Waals surface area contributed by atoms with Crippen molar-refractivity contribution in [2.75, 3.05) is 0 Å². The van der Waals surface area contributed by atoms with E-state index in [0.29, 0.717) is 0 Å². The Morgan fingerprint density at radius 1 is 0.455 bits per heavy atom. The Balaban J connectivity index is 1.57. The second-order valence-electron chi connectivity index (χ2n) is 9.07. The molecule has 9 aromatic rings. The van der Waals surface area contributed by atoms with Crippen LogP contribution in [0.15, 0.2) is 149 Å². The molecule has 3 heterocycles. The fraction of sp³-hybridized carbons (Fsp3) is 0. The molecule has 0 aliphatic heterocycles. The fourth-order valence-corrected chi connectivity index (χ4v) is 4.88. The summed E-state index contributed by atoms with van der Waals surface area (Å²) in [6, 6.07) is -20.7. The number of rotatable bonds is 4. The third-order valence-corrected chi connectivity index (χ3v) is 6.68. The van der Waals surface area contributed by atoms with Gasteiger partial charge in [-0.3, -0.25) is 0 Å². The van der Waals surface area contributed by atoms with Crippen molar-refractivity contribution >= 4 is 43.7 Å². The predicted molar refractivity (Wildman–Crippen MR) is 178 cm³/mol. The Kier molecular flexibility index (Phi) is 2.34. The summed E-state index contributed by atoms with van der Waals surface area (Å²) in [6.07, 6.45) is 0. The smallest absolute Gasteiger partial charge is 0.166 e. The predicted octanol–water partition coefficient (Wildman–Crippen LogP) is 9.87. The Hall–Kier alpha value is -6.07. The van der Waals surface area contributed by atoms with Crippen molar-refractivity contribution in [1.82, 2.24) is 19.5 Å². The zero-order valence-electron chi connectivity index (χ0n) is 45.7. The topological polar surface area (TPSA) is 56.7 Å². The molecule has 0 aliphatic carbocycles. The molecule has 0 spiro atoms. The molecule has 9 rings (SSSR count). The Morgan fingerprint density at radius 2 is 1.00 bits per heavy atom. The summed E-state index contributed by atoms with van der Waals surface area (Å²) in [5, 5.41) is -1.83. The van der Waals surface area contributed by atoms with Crippen LogP contribution >= 0.6 is 0 Å². The van der Waals surface area contributed by atoms with E-state index < -0.39 is 229 Å². The van der Waals surface area contributed by atoms with Crippen LogP contribution in [0.4, 0.5) is 0 Å². The van der Waals surface area contributed by atoms with Crippen LogP contribution in [-0.4, -0.2) is 19.5 Å². The van der Waals surface area contributed by atoms with Crippen molar-refractivity contribution in [2.45, 2.75) is 0 Å². The third kappa shape index (κ3) is 3.76. The zero-order chi connectivity index (χ0) is 49.9. The molecule has 0 aliphatic rings. The Bertz CT molecular complexity index is 3760. The van der Waals surface area contributed by atoms with Crippen LogP contribution in [0.3, 0.4) is 0 Å². The number of nitrogens with zero attached hydrogens (tertiary/aromatic N) is 4. The molecule has 0 saturated carbocycles. The zero-order valence-corrected chi connectivity index (χ0v) is 21.7. The minimum absolute atomic E-state index is 0.426. The Labute approximate surface area is 286 Å². The first-order valence-corrected chi connectivity index (χ1v) is 12.7. The van der Waals surface area contributed by atoms with Crippen molar-refractivity contribution in [3.63, 3.8) is 0 Å². The number of hydrogen-bond donors (Lipinski definition) is 0. The van der Waals surface area contributed by atoms with Gasteiger partial charge in [-0.25, -0.2) is 15.0 Å². The first kappa shape index (κ1) is 10.6. The summed E-state index contributed by atoms with van der Waals surface area (Å²) < 4.78 is 216. The number of para-hydroxylation sites is 4. The molecule has 0 unspecified atom stereocenters. The molecule has 0 atom stereocenters. The highest BCUT2D eigenvalue weighted by Gasteiger charge is 2.20. The van der Waals surface area contributed by atoms with Crippen LogP contribution in [0.5, 0.6) is 0 Å². The molecule has 6 aromatic carbocycles. The van der Waals surface area contributed by atoms with Crippen LogP contribution in [0.25, 0.3) is 83.6 Å². The van der Waals surface area contributed by atoms with Gasteiger partial charge in [-0.05, 0) is 36.3 Å². The molecule has 0 radical (unpaired) electrons. The van der Waals surface area contributed by atoms with Crippen molar-refractivity contribution in [3.05, 3.63) is 145 Å². The maximum Gasteiger partial charge on any atom is 0.166 e. The average molecular weight is 589 g/mol. The van der Waals surface area contributed by atoms with E-state index in [0.717, 1.165) is 4.57 Å². The molecule has 5 nitrogen and oxygen atoms in total. The summed E-state index contributed by atoms with van der Waals surface area (Å²) in [5.74, 6) is -2.53. The lowest BCUT2D eigenvalue weighted by Crippen LogP contribution is -2.03.